The maximum absolute atomic E-state index is 15.4. The molecular weight excluding hydrogens is 459 g/mol. The van der Waals surface area contributed by atoms with Crippen molar-refractivity contribution in [2.75, 3.05) is 38.6 Å². The summed E-state index contributed by atoms with van der Waals surface area (Å²) in [6, 6.07) is 8.84. The molecule has 36 heavy (non-hydrogen) atoms. The van der Waals surface area contributed by atoms with Crippen molar-refractivity contribution in [1.82, 2.24) is 14.8 Å². The lowest BCUT2D eigenvalue weighted by atomic mass is 9.78. The van der Waals surface area contributed by atoms with Gasteiger partial charge in [-0.1, -0.05) is 12.1 Å². The fourth-order valence-corrected chi connectivity index (χ4v) is 6.15. The lowest BCUT2D eigenvalue weighted by Crippen LogP contribution is -2.50. The van der Waals surface area contributed by atoms with Crippen molar-refractivity contribution < 1.29 is 19.1 Å². The smallest absolute Gasteiger partial charge is 0.271 e. The Morgan fingerprint density at radius 2 is 1.83 bits per heavy atom. The largest absolute Gasteiger partial charge is 0.393 e. The van der Waals surface area contributed by atoms with Gasteiger partial charge < -0.3 is 19.8 Å². The summed E-state index contributed by atoms with van der Waals surface area (Å²) in [6.45, 7) is 2.02. The number of anilines is 1. The van der Waals surface area contributed by atoms with Crippen LogP contribution in [0.15, 0.2) is 36.5 Å². The standard InChI is InChI=1S/C28H35FN4O3/c1-31(2)26(35)24-10-4-20(17-30-24)19-5-11-25(23(29)16-19)32-14-3-12-28(18-32)13-15-33(27(28)36)21-6-8-22(34)9-7-21/h4-5,10-11,16-17,21-22,34H,3,6-9,12-15,18H2,1-2H3/t21?,22?,28-/m1/s1. The summed E-state index contributed by atoms with van der Waals surface area (Å²) in [4.78, 5) is 35.5. The average Bonchev–Trinajstić information content (AvgIpc) is 3.19. The Balaban J connectivity index is 1.30. The van der Waals surface area contributed by atoms with Crippen LogP contribution in [0.2, 0.25) is 0 Å². The summed E-state index contributed by atoms with van der Waals surface area (Å²) in [5.74, 6) is -0.283. The molecule has 5 rings (SSSR count). The number of benzene rings is 1. The number of carbonyl (C=O) groups is 2. The molecule has 2 aliphatic heterocycles. The number of pyridine rings is 1. The molecule has 7 nitrogen and oxygen atoms in total. The number of aromatic nitrogens is 1. The summed E-state index contributed by atoms with van der Waals surface area (Å²) in [6.07, 6.45) is 7.11. The summed E-state index contributed by atoms with van der Waals surface area (Å²) in [5.41, 5.74) is 1.86. The second-order valence-corrected chi connectivity index (χ2v) is 10.8. The van der Waals surface area contributed by atoms with Crippen LogP contribution in [0.1, 0.15) is 55.4 Å². The Labute approximate surface area is 211 Å². The van der Waals surface area contributed by atoms with Gasteiger partial charge in [0.15, 0.2) is 0 Å². The van der Waals surface area contributed by atoms with Crippen LogP contribution in [0.4, 0.5) is 10.1 Å². The first kappa shape index (κ1) is 24.7. The molecule has 1 spiro atoms. The molecule has 3 aliphatic rings. The number of amides is 2. The summed E-state index contributed by atoms with van der Waals surface area (Å²) >= 11 is 0. The van der Waals surface area contributed by atoms with Crippen molar-refractivity contribution in [2.24, 2.45) is 5.41 Å². The van der Waals surface area contributed by atoms with Gasteiger partial charge in [-0.15, -0.1) is 0 Å². The highest BCUT2D eigenvalue weighted by Gasteiger charge is 2.50. The van der Waals surface area contributed by atoms with Gasteiger partial charge in [0.1, 0.15) is 11.5 Å². The molecule has 1 aromatic heterocycles. The topological polar surface area (TPSA) is 77.0 Å². The van der Waals surface area contributed by atoms with E-state index in [1.54, 1.807) is 38.5 Å². The second-order valence-electron chi connectivity index (χ2n) is 10.8. The number of likely N-dealkylation sites (tertiary alicyclic amines) is 1. The molecule has 0 unspecified atom stereocenters. The molecule has 3 fully saturated rings. The number of hydrogen-bond donors (Lipinski definition) is 1. The van der Waals surface area contributed by atoms with Crippen molar-refractivity contribution in [3.63, 3.8) is 0 Å². The molecular formula is C28H35FN4O3. The number of hydrogen-bond acceptors (Lipinski definition) is 5. The molecule has 1 aliphatic carbocycles. The molecule has 1 aromatic carbocycles. The van der Waals surface area contributed by atoms with Crippen molar-refractivity contribution in [2.45, 2.75) is 57.1 Å². The zero-order valence-corrected chi connectivity index (χ0v) is 21.1. The van der Waals surface area contributed by atoms with Gasteiger partial charge in [-0.05, 0) is 68.7 Å². The van der Waals surface area contributed by atoms with Gasteiger partial charge in [-0.2, -0.15) is 0 Å². The van der Waals surface area contributed by atoms with E-state index < -0.39 is 5.41 Å². The van der Waals surface area contributed by atoms with Crippen LogP contribution in [0.3, 0.4) is 0 Å². The van der Waals surface area contributed by atoms with Crippen molar-refractivity contribution >= 4 is 17.5 Å². The number of nitrogens with zero attached hydrogens (tertiary/aromatic N) is 4. The fraction of sp³-hybridized carbons (Fsp3) is 0.536. The number of aliphatic hydroxyl groups is 1. The van der Waals surface area contributed by atoms with E-state index in [-0.39, 0.29) is 29.8 Å². The Morgan fingerprint density at radius 3 is 2.50 bits per heavy atom. The van der Waals surface area contributed by atoms with Gasteiger partial charge in [0.2, 0.25) is 5.91 Å². The average molecular weight is 495 g/mol. The molecule has 1 saturated carbocycles. The van der Waals surface area contributed by atoms with Gasteiger partial charge in [-0.25, -0.2) is 4.39 Å². The van der Waals surface area contributed by atoms with Gasteiger partial charge in [0.05, 0.1) is 17.2 Å². The van der Waals surface area contributed by atoms with Crippen molar-refractivity contribution in [3.05, 3.63) is 48.0 Å². The quantitative estimate of drug-likeness (QED) is 0.701. The molecule has 0 radical (unpaired) electrons. The van der Waals surface area contributed by atoms with Crippen LogP contribution in [0.25, 0.3) is 11.1 Å². The first-order valence-electron chi connectivity index (χ1n) is 13.0. The molecule has 3 heterocycles. The first-order chi connectivity index (χ1) is 17.3. The molecule has 2 aromatic rings. The molecule has 0 bridgehead atoms. The number of aliphatic hydroxyl groups excluding tert-OH is 1. The Bertz CT molecular complexity index is 1130. The number of halogens is 1. The van der Waals surface area contributed by atoms with Gasteiger partial charge in [0, 0.05) is 51.5 Å². The molecule has 2 amide bonds. The first-order valence-corrected chi connectivity index (χ1v) is 13.0. The van der Waals surface area contributed by atoms with Crippen LogP contribution in [0.5, 0.6) is 0 Å². The van der Waals surface area contributed by atoms with Crippen molar-refractivity contribution in [1.29, 1.82) is 0 Å². The van der Waals surface area contributed by atoms with Crippen molar-refractivity contribution in [3.8, 4) is 11.1 Å². The van der Waals surface area contributed by atoms with Gasteiger partial charge in [-0.3, -0.25) is 14.6 Å². The zero-order chi connectivity index (χ0) is 25.4. The van der Waals surface area contributed by atoms with Gasteiger partial charge >= 0.3 is 0 Å². The Hall–Kier alpha value is -3.00. The van der Waals surface area contributed by atoms with Crippen LogP contribution in [0, 0.1) is 11.2 Å². The predicted octanol–water partition coefficient (Wildman–Crippen LogP) is 3.71. The molecule has 2 saturated heterocycles. The van der Waals surface area contributed by atoms with Crippen LogP contribution >= 0.6 is 0 Å². The second kappa shape index (κ2) is 9.81. The van der Waals surface area contributed by atoms with E-state index in [1.165, 1.54) is 11.0 Å². The maximum Gasteiger partial charge on any atom is 0.271 e. The zero-order valence-electron chi connectivity index (χ0n) is 21.1. The summed E-state index contributed by atoms with van der Waals surface area (Å²) in [5, 5.41) is 9.85. The number of carbonyl (C=O) groups excluding carboxylic acids is 2. The monoisotopic (exact) mass is 494 g/mol. The third-order valence-electron chi connectivity index (χ3n) is 8.24. The molecule has 1 atom stereocenters. The molecule has 192 valence electrons. The SMILES string of the molecule is CN(C)C(=O)c1ccc(-c2ccc(N3CCC[C@@]4(CCN(C5CCC(O)CC5)C4=O)C3)c(F)c2)cn1. The lowest BCUT2D eigenvalue weighted by Gasteiger charge is -2.41. The van der Waals surface area contributed by atoms with E-state index in [1.807, 2.05) is 15.9 Å². The highest BCUT2D eigenvalue weighted by atomic mass is 19.1. The lowest BCUT2D eigenvalue weighted by molar-refractivity contribution is -0.139. The summed E-state index contributed by atoms with van der Waals surface area (Å²) in [7, 11) is 3.35. The fourth-order valence-electron chi connectivity index (χ4n) is 6.15. The third kappa shape index (κ3) is 4.59. The minimum absolute atomic E-state index is 0.178. The Morgan fingerprint density at radius 1 is 1.08 bits per heavy atom. The third-order valence-corrected chi connectivity index (χ3v) is 8.24. The predicted molar refractivity (Wildman–Crippen MR) is 136 cm³/mol. The van der Waals surface area contributed by atoms with Crippen LogP contribution < -0.4 is 4.90 Å². The maximum atomic E-state index is 15.4. The van der Waals surface area contributed by atoms with E-state index in [0.717, 1.165) is 63.6 Å². The minimum Gasteiger partial charge on any atom is -0.393 e. The number of piperidine rings is 1. The highest BCUT2D eigenvalue weighted by Crippen LogP contribution is 2.44. The Kier molecular flexibility index (Phi) is 6.72. The van der Waals surface area contributed by atoms with Crippen LogP contribution in [-0.4, -0.2) is 77.6 Å². The number of rotatable bonds is 4. The van der Waals surface area contributed by atoms with E-state index in [4.69, 9.17) is 0 Å². The van der Waals surface area contributed by atoms with E-state index in [0.29, 0.717) is 23.5 Å². The van der Waals surface area contributed by atoms with E-state index in [2.05, 4.69) is 4.98 Å². The van der Waals surface area contributed by atoms with Crippen LogP contribution in [-0.2, 0) is 4.79 Å². The normalized spacial score (nSPS) is 26.5. The molecule has 1 N–H and O–H groups in total. The highest BCUT2D eigenvalue weighted by molar-refractivity contribution is 5.92. The van der Waals surface area contributed by atoms with E-state index >= 15 is 4.39 Å². The molecule has 8 heteroatoms. The summed E-state index contributed by atoms with van der Waals surface area (Å²) < 4.78 is 15.4. The van der Waals surface area contributed by atoms with E-state index in [9.17, 15) is 14.7 Å². The minimum atomic E-state index is -0.446. The van der Waals surface area contributed by atoms with Gasteiger partial charge in [0.25, 0.3) is 5.91 Å².